The topological polar surface area (TPSA) is 46.6 Å². The number of ether oxygens (including phenoxy) is 1. The number of rotatable bonds is 5. The van der Waals surface area contributed by atoms with Crippen LogP contribution in [-0.2, 0) is 9.53 Å². The molecule has 21 heavy (non-hydrogen) atoms. The first-order valence-corrected chi connectivity index (χ1v) is 6.85. The van der Waals surface area contributed by atoms with Crippen LogP contribution in [0.2, 0.25) is 0 Å². The number of hydrogen-bond donors (Lipinski definition) is 0. The van der Waals surface area contributed by atoms with E-state index in [1.165, 1.54) is 17.0 Å². The number of amides is 1. The van der Waals surface area contributed by atoms with Gasteiger partial charge in [0.1, 0.15) is 18.7 Å². The first-order valence-electron chi connectivity index (χ1n) is 6.85. The average molecular weight is 295 g/mol. The molecule has 0 aliphatic heterocycles. The second-order valence-electron chi connectivity index (χ2n) is 5.96. The monoisotopic (exact) mass is 295 g/mol. The summed E-state index contributed by atoms with van der Waals surface area (Å²) in [6, 6.07) is 5.86. The Bertz CT molecular complexity index is 479. The fraction of sp³-hybridized carbons (Fsp3) is 0.500. The Kier molecular flexibility index (Phi) is 5.88. The predicted octanol–water partition coefficient (Wildman–Crippen LogP) is 3.37. The van der Waals surface area contributed by atoms with Gasteiger partial charge in [-0.25, -0.2) is 9.18 Å². The summed E-state index contributed by atoms with van der Waals surface area (Å²) >= 11 is 0. The lowest BCUT2D eigenvalue weighted by molar-refractivity contribution is -0.108. The van der Waals surface area contributed by atoms with Crippen LogP contribution in [0.15, 0.2) is 24.3 Å². The maximum Gasteiger partial charge on any atom is 0.409 e. The lowest BCUT2D eigenvalue weighted by Gasteiger charge is -2.31. The zero-order valence-electron chi connectivity index (χ0n) is 12.9. The molecule has 1 unspecified atom stereocenters. The maximum absolute atomic E-state index is 12.9. The molecule has 0 aliphatic carbocycles. The van der Waals surface area contributed by atoms with Crippen LogP contribution in [0.25, 0.3) is 0 Å². The Morgan fingerprint density at radius 3 is 2.38 bits per heavy atom. The van der Waals surface area contributed by atoms with E-state index in [0.29, 0.717) is 0 Å². The van der Waals surface area contributed by atoms with Gasteiger partial charge in [0.25, 0.3) is 0 Å². The quantitative estimate of drug-likeness (QED) is 0.782. The smallest absolute Gasteiger partial charge is 0.409 e. The van der Waals surface area contributed by atoms with Gasteiger partial charge in [0, 0.05) is 24.9 Å². The predicted molar refractivity (Wildman–Crippen MR) is 78.7 cm³/mol. The zero-order valence-corrected chi connectivity index (χ0v) is 12.9. The van der Waals surface area contributed by atoms with E-state index in [2.05, 4.69) is 0 Å². The summed E-state index contributed by atoms with van der Waals surface area (Å²) in [5.41, 5.74) is 0.433. The number of carbonyl (C=O) groups excluding carboxylic acids is 2. The maximum atomic E-state index is 12.9. The van der Waals surface area contributed by atoms with Gasteiger partial charge in [-0.2, -0.15) is 0 Å². The van der Waals surface area contributed by atoms with Crippen molar-refractivity contribution in [3.8, 4) is 0 Å². The van der Waals surface area contributed by atoms with Gasteiger partial charge in [-0.1, -0.05) is 12.1 Å². The third-order valence-electron chi connectivity index (χ3n) is 3.41. The minimum atomic E-state index is -0.444. The number of benzene rings is 1. The van der Waals surface area contributed by atoms with Crippen molar-refractivity contribution in [2.75, 3.05) is 13.7 Å². The average Bonchev–Trinajstić information content (AvgIpc) is 2.42. The van der Waals surface area contributed by atoms with E-state index in [1.54, 1.807) is 19.2 Å². The lowest BCUT2D eigenvalue weighted by Crippen LogP contribution is -2.43. The Labute approximate surface area is 124 Å². The summed E-state index contributed by atoms with van der Waals surface area (Å²) in [4.78, 5) is 24.2. The first-order chi connectivity index (χ1) is 9.75. The molecule has 0 radical (unpaired) electrons. The molecule has 0 N–H and O–H groups in total. The lowest BCUT2D eigenvalue weighted by atomic mass is 9.97. The summed E-state index contributed by atoms with van der Waals surface area (Å²) in [5.74, 6) is -0.603. The summed E-state index contributed by atoms with van der Waals surface area (Å²) in [6.45, 7) is 5.79. The van der Waals surface area contributed by atoms with Gasteiger partial charge in [-0.05, 0) is 38.5 Å². The van der Waals surface area contributed by atoms with E-state index in [0.717, 1.165) is 11.8 Å². The minimum Gasteiger partial charge on any atom is -0.449 e. The molecule has 0 saturated carbocycles. The third-order valence-corrected chi connectivity index (χ3v) is 3.41. The van der Waals surface area contributed by atoms with Crippen LogP contribution in [0.1, 0.15) is 38.7 Å². The van der Waals surface area contributed by atoms with E-state index in [4.69, 9.17) is 4.74 Å². The third kappa shape index (κ3) is 5.17. The van der Waals surface area contributed by atoms with Crippen LogP contribution in [0.4, 0.5) is 9.18 Å². The van der Waals surface area contributed by atoms with Crippen molar-refractivity contribution >= 4 is 12.4 Å². The Balaban J connectivity index is 2.69. The van der Waals surface area contributed by atoms with Crippen LogP contribution < -0.4 is 0 Å². The van der Waals surface area contributed by atoms with Gasteiger partial charge >= 0.3 is 6.09 Å². The highest BCUT2D eigenvalue weighted by Gasteiger charge is 2.24. The molecular formula is C16H22FNO3. The molecule has 0 bridgehead atoms. The van der Waals surface area contributed by atoms with Gasteiger partial charge in [0.05, 0.1) is 0 Å². The Hall–Kier alpha value is -1.91. The molecule has 1 aromatic rings. The van der Waals surface area contributed by atoms with Crippen LogP contribution in [-0.4, -0.2) is 36.5 Å². The highest BCUT2D eigenvalue weighted by atomic mass is 19.1. The fourth-order valence-electron chi connectivity index (χ4n) is 1.69. The minimum absolute atomic E-state index is 0.0869. The molecule has 0 saturated heterocycles. The van der Waals surface area contributed by atoms with E-state index < -0.39 is 6.09 Å². The van der Waals surface area contributed by atoms with Crippen molar-refractivity contribution in [1.82, 2.24) is 4.90 Å². The van der Waals surface area contributed by atoms with Crippen molar-refractivity contribution < 1.29 is 18.7 Å². The fourth-order valence-corrected chi connectivity index (χ4v) is 1.69. The molecule has 4 nitrogen and oxygen atoms in total. The molecule has 0 heterocycles. The molecule has 0 fully saturated rings. The molecule has 1 aromatic carbocycles. The number of nitrogens with zero attached hydrogens (tertiary/aromatic N) is 1. The molecule has 1 amide bonds. The number of hydrogen-bond acceptors (Lipinski definition) is 3. The van der Waals surface area contributed by atoms with Gasteiger partial charge in [0.2, 0.25) is 0 Å². The van der Waals surface area contributed by atoms with E-state index in [-0.39, 0.29) is 30.3 Å². The molecule has 1 atom stereocenters. The molecule has 116 valence electrons. The van der Waals surface area contributed by atoms with Crippen LogP contribution >= 0.6 is 0 Å². The van der Waals surface area contributed by atoms with Crippen LogP contribution in [0, 0.1) is 5.82 Å². The highest BCUT2D eigenvalue weighted by Crippen LogP contribution is 2.21. The molecule has 0 spiro atoms. The normalized spacial score (nSPS) is 12.6. The van der Waals surface area contributed by atoms with Gasteiger partial charge in [-0.3, -0.25) is 0 Å². The summed E-state index contributed by atoms with van der Waals surface area (Å²) in [5, 5.41) is 0. The zero-order chi connectivity index (χ0) is 16.0. The van der Waals surface area contributed by atoms with Crippen molar-refractivity contribution in [3.63, 3.8) is 0 Å². The standard InChI is InChI=1S/C16H22FNO3/c1-16(2,3)18(4)15(20)21-11-13(9-10-19)12-5-7-14(17)8-6-12/h5-8,10,13H,9,11H2,1-4H3. The first kappa shape index (κ1) is 17.1. The van der Waals surface area contributed by atoms with Crippen molar-refractivity contribution in [2.24, 2.45) is 0 Å². The van der Waals surface area contributed by atoms with Gasteiger partial charge in [0.15, 0.2) is 0 Å². The van der Waals surface area contributed by atoms with E-state index in [1.807, 2.05) is 20.8 Å². The van der Waals surface area contributed by atoms with Crippen molar-refractivity contribution in [2.45, 2.75) is 38.6 Å². The van der Waals surface area contributed by atoms with Crippen LogP contribution in [0.3, 0.4) is 0 Å². The van der Waals surface area contributed by atoms with E-state index >= 15 is 0 Å². The largest absolute Gasteiger partial charge is 0.449 e. The second-order valence-corrected chi connectivity index (χ2v) is 5.96. The Morgan fingerprint density at radius 1 is 1.33 bits per heavy atom. The number of halogens is 1. The summed E-state index contributed by atoms with van der Waals surface area (Å²) in [6.07, 6.45) is 0.550. The van der Waals surface area contributed by atoms with E-state index in [9.17, 15) is 14.0 Å². The molecule has 0 aromatic heterocycles. The van der Waals surface area contributed by atoms with Crippen molar-refractivity contribution in [1.29, 1.82) is 0 Å². The molecule has 1 rings (SSSR count). The van der Waals surface area contributed by atoms with Crippen molar-refractivity contribution in [3.05, 3.63) is 35.6 Å². The number of aldehydes is 1. The SMILES string of the molecule is CN(C(=O)OCC(CC=O)c1ccc(F)cc1)C(C)(C)C. The number of carbonyl (C=O) groups is 2. The second kappa shape index (κ2) is 7.20. The summed E-state index contributed by atoms with van der Waals surface area (Å²) < 4.78 is 18.2. The van der Waals surface area contributed by atoms with Gasteiger partial charge < -0.3 is 14.4 Å². The van der Waals surface area contributed by atoms with Gasteiger partial charge in [-0.15, -0.1) is 0 Å². The summed E-state index contributed by atoms with van der Waals surface area (Å²) in [7, 11) is 1.66. The molecule has 0 aliphatic rings. The Morgan fingerprint density at radius 2 is 1.90 bits per heavy atom. The highest BCUT2D eigenvalue weighted by molar-refractivity contribution is 5.68. The van der Waals surface area contributed by atoms with Crippen LogP contribution in [0.5, 0.6) is 0 Å². The molecular weight excluding hydrogens is 273 g/mol. The molecule has 5 heteroatoms.